The van der Waals surface area contributed by atoms with Crippen LogP contribution in [-0.2, 0) is 4.74 Å². The van der Waals surface area contributed by atoms with Crippen LogP contribution in [0.15, 0.2) is 0 Å². The minimum Gasteiger partial charge on any atom is -0.365 e. The summed E-state index contributed by atoms with van der Waals surface area (Å²) in [6.07, 6.45) is 12.5. The van der Waals surface area contributed by atoms with Crippen LogP contribution in [0.2, 0.25) is 0 Å². The molecule has 3 fully saturated rings. The molecule has 0 aromatic heterocycles. The number of terminal acetylenes is 1. The second-order valence-electron chi connectivity index (χ2n) is 4.07. The first-order valence-corrected chi connectivity index (χ1v) is 4.95. The zero-order valence-corrected chi connectivity index (χ0v) is 7.46. The van der Waals surface area contributed by atoms with Gasteiger partial charge in [0.2, 0.25) is 0 Å². The van der Waals surface area contributed by atoms with Crippen molar-refractivity contribution in [2.75, 3.05) is 6.61 Å². The van der Waals surface area contributed by atoms with Crippen molar-refractivity contribution in [2.45, 2.75) is 38.2 Å². The van der Waals surface area contributed by atoms with Gasteiger partial charge in [-0.05, 0) is 43.9 Å². The van der Waals surface area contributed by atoms with Crippen molar-refractivity contribution in [3.05, 3.63) is 0 Å². The molecule has 0 spiro atoms. The van der Waals surface area contributed by atoms with E-state index in [4.69, 9.17) is 11.2 Å². The maximum absolute atomic E-state index is 5.63. The Morgan fingerprint density at radius 1 is 1.25 bits per heavy atom. The van der Waals surface area contributed by atoms with Gasteiger partial charge in [0.25, 0.3) is 0 Å². The minimum absolute atomic E-state index is 0.494. The van der Waals surface area contributed by atoms with E-state index in [1.54, 1.807) is 0 Å². The first kappa shape index (κ1) is 8.13. The van der Waals surface area contributed by atoms with E-state index in [0.29, 0.717) is 12.7 Å². The lowest BCUT2D eigenvalue weighted by Crippen LogP contribution is -2.37. The van der Waals surface area contributed by atoms with Gasteiger partial charge >= 0.3 is 0 Å². The van der Waals surface area contributed by atoms with Crippen molar-refractivity contribution < 1.29 is 4.74 Å². The highest BCUT2D eigenvalue weighted by atomic mass is 16.5. The Kier molecular flexibility index (Phi) is 2.37. The van der Waals surface area contributed by atoms with Crippen LogP contribution in [0.1, 0.15) is 32.1 Å². The number of ether oxygens (including phenoxy) is 1. The Bertz CT molecular complexity index is 184. The fourth-order valence-corrected chi connectivity index (χ4v) is 2.68. The highest BCUT2D eigenvalue weighted by Gasteiger charge is 2.35. The molecule has 3 aliphatic carbocycles. The topological polar surface area (TPSA) is 9.23 Å². The van der Waals surface area contributed by atoms with Gasteiger partial charge in [-0.25, -0.2) is 0 Å². The molecule has 1 nitrogen and oxygen atoms in total. The van der Waals surface area contributed by atoms with E-state index in [0.717, 1.165) is 11.8 Å². The smallest absolute Gasteiger partial charge is 0.107 e. The summed E-state index contributed by atoms with van der Waals surface area (Å²) in [4.78, 5) is 0. The third kappa shape index (κ3) is 1.49. The standard InChI is InChI=1S/C11H16O/c1-2-7-12-11-8-9-3-5-10(11)6-4-9/h1,9-11H,3-8H2/t9?,10?,11-/m0/s1. The Hall–Kier alpha value is -0.480. The van der Waals surface area contributed by atoms with Crippen LogP contribution in [0.25, 0.3) is 0 Å². The summed E-state index contributed by atoms with van der Waals surface area (Å²) >= 11 is 0. The average molecular weight is 164 g/mol. The summed E-state index contributed by atoms with van der Waals surface area (Å²) in [5, 5.41) is 0. The molecule has 0 heterocycles. The van der Waals surface area contributed by atoms with Gasteiger partial charge in [-0.15, -0.1) is 6.42 Å². The Balaban J connectivity index is 1.87. The van der Waals surface area contributed by atoms with Gasteiger partial charge in [0, 0.05) is 0 Å². The summed E-state index contributed by atoms with van der Waals surface area (Å²) in [6.45, 7) is 0.508. The maximum Gasteiger partial charge on any atom is 0.107 e. The fraction of sp³-hybridized carbons (Fsp3) is 0.818. The zero-order chi connectivity index (χ0) is 8.39. The largest absolute Gasteiger partial charge is 0.365 e. The molecule has 0 aromatic carbocycles. The lowest BCUT2D eigenvalue weighted by atomic mass is 9.69. The Morgan fingerprint density at radius 2 is 2.00 bits per heavy atom. The monoisotopic (exact) mass is 164 g/mol. The average Bonchev–Trinajstić information content (AvgIpc) is 2.17. The van der Waals surface area contributed by atoms with Gasteiger partial charge < -0.3 is 4.74 Å². The highest BCUT2D eigenvalue weighted by molar-refractivity contribution is 4.89. The number of fused-ring (bicyclic) bond motifs is 3. The van der Waals surface area contributed by atoms with Crippen LogP contribution in [0, 0.1) is 24.2 Å². The van der Waals surface area contributed by atoms with Crippen LogP contribution in [-0.4, -0.2) is 12.7 Å². The molecule has 0 radical (unpaired) electrons. The summed E-state index contributed by atoms with van der Waals surface area (Å²) in [5.74, 6) is 4.32. The van der Waals surface area contributed by atoms with Gasteiger partial charge in [-0.2, -0.15) is 0 Å². The maximum atomic E-state index is 5.63. The van der Waals surface area contributed by atoms with Crippen LogP contribution >= 0.6 is 0 Å². The second-order valence-corrected chi connectivity index (χ2v) is 4.07. The van der Waals surface area contributed by atoms with Gasteiger partial charge in [0.05, 0.1) is 6.10 Å². The molecule has 2 bridgehead atoms. The molecule has 0 amide bonds. The lowest BCUT2D eigenvalue weighted by Gasteiger charge is -2.41. The van der Waals surface area contributed by atoms with E-state index >= 15 is 0 Å². The van der Waals surface area contributed by atoms with Crippen molar-refractivity contribution in [1.82, 2.24) is 0 Å². The van der Waals surface area contributed by atoms with E-state index in [2.05, 4.69) is 5.92 Å². The molecule has 0 aliphatic heterocycles. The number of rotatable bonds is 2. The van der Waals surface area contributed by atoms with Crippen molar-refractivity contribution in [2.24, 2.45) is 11.8 Å². The predicted octanol–water partition coefficient (Wildman–Crippen LogP) is 2.21. The first-order valence-electron chi connectivity index (χ1n) is 4.95. The normalized spacial score (nSPS) is 39.4. The van der Waals surface area contributed by atoms with Gasteiger partial charge in [0.15, 0.2) is 0 Å². The van der Waals surface area contributed by atoms with E-state index in [1.807, 2.05) is 0 Å². The number of hydrogen-bond donors (Lipinski definition) is 0. The molecule has 1 atom stereocenters. The quantitative estimate of drug-likeness (QED) is 0.569. The van der Waals surface area contributed by atoms with E-state index < -0.39 is 0 Å². The molecule has 12 heavy (non-hydrogen) atoms. The highest BCUT2D eigenvalue weighted by Crippen LogP contribution is 2.42. The van der Waals surface area contributed by atoms with Crippen molar-refractivity contribution in [3.8, 4) is 12.3 Å². The Labute approximate surface area is 74.5 Å². The summed E-state index contributed by atoms with van der Waals surface area (Å²) in [6, 6.07) is 0. The fourth-order valence-electron chi connectivity index (χ4n) is 2.68. The Morgan fingerprint density at radius 3 is 2.50 bits per heavy atom. The number of hydrogen-bond acceptors (Lipinski definition) is 1. The third-order valence-corrected chi connectivity index (χ3v) is 3.36. The molecule has 66 valence electrons. The second kappa shape index (κ2) is 3.49. The molecule has 3 aliphatic rings. The molecule has 0 unspecified atom stereocenters. The molecule has 1 heteroatoms. The van der Waals surface area contributed by atoms with Crippen LogP contribution < -0.4 is 0 Å². The minimum atomic E-state index is 0.494. The first-order chi connectivity index (χ1) is 5.90. The van der Waals surface area contributed by atoms with E-state index in [-0.39, 0.29) is 0 Å². The van der Waals surface area contributed by atoms with Crippen molar-refractivity contribution >= 4 is 0 Å². The van der Waals surface area contributed by atoms with Crippen LogP contribution in [0.5, 0.6) is 0 Å². The van der Waals surface area contributed by atoms with E-state index in [9.17, 15) is 0 Å². The molecule has 0 aromatic rings. The molecular weight excluding hydrogens is 148 g/mol. The summed E-state index contributed by atoms with van der Waals surface area (Å²) in [5.41, 5.74) is 0. The summed E-state index contributed by atoms with van der Waals surface area (Å²) < 4.78 is 5.63. The van der Waals surface area contributed by atoms with Crippen molar-refractivity contribution in [3.63, 3.8) is 0 Å². The summed E-state index contributed by atoms with van der Waals surface area (Å²) in [7, 11) is 0. The molecular formula is C11H16O. The van der Waals surface area contributed by atoms with Gasteiger partial charge in [0.1, 0.15) is 6.61 Å². The van der Waals surface area contributed by atoms with Gasteiger partial charge in [-0.3, -0.25) is 0 Å². The van der Waals surface area contributed by atoms with Gasteiger partial charge in [-0.1, -0.05) is 5.92 Å². The molecule has 3 saturated carbocycles. The van der Waals surface area contributed by atoms with E-state index in [1.165, 1.54) is 32.1 Å². The lowest BCUT2D eigenvalue weighted by molar-refractivity contribution is -0.0414. The zero-order valence-electron chi connectivity index (χ0n) is 7.46. The molecule has 0 N–H and O–H groups in total. The predicted molar refractivity (Wildman–Crippen MR) is 48.6 cm³/mol. The molecule has 3 rings (SSSR count). The van der Waals surface area contributed by atoms with Crippen molar-refractivity contribution in [1.29, 1.82) is 0 Å². The van der Waals surface area contributed by atoms with Crippen LogP contribution in [0.3, 0.4) is 0 Å². The third-order valence-electron chi connectivity index (χ3n) is 3.36. The SMILES string of the molecule is C#CCO[C@H]1CC2CCC1CC2. The molecule has 0 saturated heterocycles. The van der Waals surface area contributed by atoms with Crippen LogP contribution in [0.4, 0.5) is 0 Å².